The van der Waals surface area contributed by atoms with Crippen LogP contribution in [-0.4, -0.2) is 19.7 Å². The largest absolute Gasteiger partial charge is 0.309 e. The molecule has 0 aliphatic heterocycles. The van der Waals surface area contributed by atoms with Crippen LogP contribution in [0, 0.1) is 18.3 Å². The minimum atomic E-state index is 0.550. The molecule has 0 radical (unpaired) electrons. The summed E-state index contributed by atoms with van der Waals surface area (Å²) in [5.41, 5.74) is 1.42. The molecule has 6 heteroatoms. The summed E-state index contributed by atoms with van der Waals surface area (Å²) in [4.78, 5) is 4.55. The van der Waals surface area contributed by atoms with Crippen molar-refractivity contribution in [2.75, 3.05) is 0 Å². The van der Waals surface area contributed by atoms with Crippen LogP contribution in [0.3, 0.4) is 0 Å². The minimum absolute atomic E-state index is 0.550. The molecule has 20 heavy (non-hydrogen) atoms. The van der Waals surface area contributed by atoms with Crippen LogP contribution in [0.2, 0.25) is 0 Å². The topological polar surface area (TPSA) is 67.4 Å². The summed E-state index contributed by atoms with van der Waals surface area (Å²) in [6.45, 7) is 1.89. The second kappa shape index (κ2) is 4.94. The third-order valence-corrected chi connectivity index (χ3v) is 4.09. The first-order valence-corrected chi connectivity index (χ1v) is 6.84. The zero-order valence-corrected chi connectivity index (χ0v) is 11.8. The highest BCUT2D eigenvalue weighted by Gasteiger charge is 2.13. The van der Waals surface area contributed by atoms with Gasteiger partial charge in [0, 0.05) is 12.4 Å². The van der Waals surface area contributed by atoms with Gasteiger partial charge in [-0.3, -0.25) is 0 Å². The van der Waals surface area contributed by atoms with E-state index in [0.29, 0.717) is 10.6 Å². The van der Waals surface area contributed by atoms with Crippen molar-refractivity contribution in [3.05, 3.63) is 41.7 Å². The molecule has 5 nitrogen and oxygen atoms in total. The van der Waals surface area contributed by atoms with E-state index in [4.69, 9.17) is 0 Å². The number of hydrogen-bond donors (Lipinski definition) is 0. The molecular formula is C14H11N5S. The number of pyridine rings is 1. The first-order chi connectivity index (χ1) is 9.69. The summed E-state index contributed by atoms with van der Waals surface area (Å²) in [6, 6.07) is 11.8. The van der Waals surface area contributed by atoms with Gasteiger partial charge >= 0.3 is 0 Å². The second-order valence-corrected chi connectivity index (χ2v) is 5.29. The normalized spacial score (nSPS) is 10.7. The molecule has 98 valence electrons. The lowest BCUT2D eigenvalue weighted by molar-refractivity contribution is 0.764. The Morgan fingerprint density at radius 1 is 1.25 bits per heavy atom. The highest BCUT2D eigenvalue weighted by molar-refractivity contribution is 7.99. The minimum Gasteiger partial charge on any atom is -0.309 e. The number of aryl methyl sites for hydroxylation is 1. The summed E-state index contributed by atoms with van der Waals surface area (Å²) in [5.74, 6) is 0.826. The number of fused-ring (bicyclic) bond motifs is 1. The predicted molar refractivity (Wildman–Crippen MR) is 76.3 cm³/mol. The van der Waals surface area contributed by atoms with Gasteiger partial charge in [-0.1, -0.05) is 18.2 Å². The number of hydrogen-bond acceptors (Lipinski definition) is 5. The van der Waals surface area contributed by atoms with E-state index in [9.17, 15) is 5.26 Å². The Morgan fingerprint density at radius 3 is 2.75 bits per heavy atom. The fourth-order valence-electron chi connectivity index (χ4n) is 1.82. The molecule has 3 aromatic rings. The van der Waals surface area contributed by atoms with Crippen LogP contribution in [0.1, 0.15) is 11.4 Å². The Morgan fingerprint density at radius 2 is 2.05 bits per heavy atom. The van der Waals surface area contributed by atoms with Gasteiger partial charge in [-0.25, -0.2) is 4.98 Å². The summed E-state index contributed by atoms with van der Waals surface area (Å²) in [6.07, 6.45) is 0. The number of nitriles is 1. The fraction of sp³-hybridized carbons (Fsp3) is 0.143. The predicted octanol–water partition coefficient (Wildman–Crippen LogP) is 2.69. The molecule has 0 aliphatic carbocycles. The smallest absolute Gasteiger partial charge is 0.197 e. The molecule has 0 fully saturated rings. The van der Waals surface area contributed by atoms with Gasteiger partial charge in [0.25, 0.3) is 0 Å². The molecule has 0 bridgehead atoms. The van der Waals surface area contributed by atoms with Crippen molar-refractivity contribution in [1.29, 1.82) is 5.26 Å². The van der Waals surface area contributed by atoms with Gasteiger partial charge in [-0.2, -0.15) is 5.26 Å². The molecule has 3 rings (SSSR count). The van der Waals surface area contributed by atoms with Crippen LogP contribution >= 0.6 is 11.8 Å². The maximum absolute atomic E-state index is 9.28. The molecule has 0 spiro atoms. The Balaban J connectivity index is 2.11. The van der Waals surface area contributed by atoms with Crippen molar-refractivity contribution in [2.45, 2.75) is 17.1 Å². The highest BCUT2D eigenvalue weighted by atomic mass is 32.2. The van der Waals surface area contributed by atoms with E-state index < -0.39 is 0 Å². The quantitative estimate of drug-likeness (QED) is 0.722. The molecule has 0 unspecified atom stereocenters. The zero-order valence-electron chi connectivity index (χ0n) is 11.0. The third-order valence-electron chi connectivity index (χ3n) is 3.05. The lowest BCUT2D eigenvalue weighted by atomic mass is 10.2. The molecule has 2 aromatic heterocycles. The van der Waals surface area contributed by atoms with E-state index in [2.05, 4.69) is 21.3 Å². The van der Waals surface area contributed by atoms with E-state index in [-0.39, 0.29) is 0 Å². The van der Waals surface area contributed by atoms with Gasteiger partial charge in [0.2, 0.25) is 0 Å². The Bertz CT molecular complexity index is 831. The van der Waals surface area contributed by atoms with Crippen molar-refractivity contribution in [3.63, 3.8) is 0 Å². The SMILES string of the molecule is Cc1nnc(Sc2nc3ccccc3cc2C#N)n1C. The van der Waals surface area contributed by atoms with Gasteiger partial charge in [0.05, 0.1) is 11.1 Å². The summed E-state index contributed by atoms with van der Waals surface area (Å²) in [5, 5.41) is 19.7. The Kier molecular flexibility index (Phi) is 3.12. The van der Waals surface area contributed by atoms with Gasteiger partial charge in [-0.05, 0) is 30.8 Å². The Labute approximate surface area is 120 Å². The summed E-state index contributed by atoms with van der Waals surface area (Å²) < 4.78 is 1.88. The van der Waals surface area contributed by atoms with Crippen molar-refractivity contribution in [3.8, 4) is 6.07 Å². The van der Waals surface area contributed by atoms with Gasteiger partial charge in [-0.15, -0.1) is 10.2 Å². The van der Waals surface area contributed by atoms with Crippen molar-refractivity contribution in [1.82, 2.24) is 19.7 Å². The number of rotatable bonds is 2. The zero-order chi connectivity index (χ0) is 14.1. The van der Waals surface area contributed by atoms with Crippen LogP contribution in [0.5, 0.6) is 0 Å². The van der Waals surface area contributed by atoms with Crippen LogP contribution in [0.4, 0.5) is 0 Å². The first-order valence-electron chi connectivity index (χ1n) is 6.03. The molecule has 2 heterocycles. The maximum atomic E-state index is 9.28. The maximum Gasteiger partial charge on any atom is 0.197 e. The van der Waals surface area contributed by atoms with Crippen molar-refractivity contribution < 1.29 is 0 Å². The molecule has 0 aliphatic rings. The molecule has 0 amide bonds. The molecule has 0 N–H and O–H groups in total. The van der Waals surface area contributed by atoms with Gasteiger partial charge in [0.1, 0.15) is 16.9 Å². The average Bonchev–Trinajstić information content (AvgIpc) is 2.78. The van der Waals surface area contributed by atoms with Gasteiger partial charge in [0.15, 0.2) is 5.16 Å². The standard InChI is InChI=1S/C14H11N5S/c1-9-17-18-14(19(9)2)20-13-11(8-15)7-10-5-3-4-6-12(10)16-13/h3-7H,1-2H3. The lowest BCUT2D eigenvalue weighted by Crippen LogP contribution is -1.95. The fourth-order valence-corrected chi connectivity index (χ4v) is 2.70. The number of para-hydroxylation sites is 1. The average molecular weight is 281 g/mol. The number of benzene rings is 1. The van der Waals surface area contributed by atoms with Crippen molar-refractivity contribution >= 4 is 22.7 Å². The molecule has 0 atom stereocenters. The number of nitrogens with zero attached hydrogens (tertiary/aromatic N) is 5. The molecular weight excluding hydrogens is 270 g/mol. The van der Waals surface area contributed by atoms with E-state index >= 15 is 0 Å². The number of aromatic nitrogens is 4. The third kappa shape index (κ3) is 2.12. The van der Waals surface area contributed by atoms with Crippen LogP contribution in [0.15, 0.2) is 40.5 Å². The first kappa shape index (κ1) is 12.6. The van der Waals surface area contributed by atoms with E-state index in [1.807, 2.05) is 48.9 Å². The monoisotopic (exact) mass is 281 g/mol. The van der Waals surface area contributed by atoms with E-state index in [0.717, 1.165) is 21.9 Å². The highest BCUT2D eigenvalue weighted by Crippen LogP contribution is 2.29. The summed E-state index contributed by atoms with van der Waals surface area (Å²) in [7, 11) is 1.89. The summed E-state index contributed by atoms with van der Waals surface area (Å²) >= 11 is 1.36. The van der Waals surface area contributed by atoms with Crippen molar-refractivity contribution in [2.24, 2.45) is 7.05 Å². The lowest BCUT2D eigenvalue weighted by Gasteiger charge is -2.05. The van der Waals surface area contributed by atoms with Gasteiger partial charge < -0.3 is 4.57 Å². The molecule has 1 aromatic carbocycles. The Hall–Kier alpha value is -2.39. The van der Waals surface area contributed by atoms with Crippen LogP contribution in [-0.2, 0) is 7.05 Å². The molecule has 0 saturated heterocycles. The van der Waals surface area contributed by atoms with E-state index in [1.54, 1.807) is 0 Å². The molecule has 0 saturated carbocycles. The van der Waals surface area contributed by atoms with Crippen LogP contribution < -0.4 is 0 Å². The second-order valence-electron chi connectivity index (χ2n) is 4.34. The van der Waals surface area contributed by atoms with Crippen LogP contribution in [0.25, 0.3) is 10.9 Å². The van der Waals surface area contributed by atoms with E-state index in [1.165, 1.54) is 11.8 Å².